The van der Waals surface area contributed by atoms with E-state index in [1.807, 2.05) is 6.07 Å². The average Bonchev–Trinajstić information content (AvgIpc) is 2.70. The zero-order valence-electron chi connectivity index (χ0n) is 16.6. The van der Waals surface area contributed by atoms with Gasteiger partial charge in [-0.2, -0.15) is 0 Å². The molecule has 29 heavy (non-hydrogen) atoms. The van der Waals surface area contributed by atoms with Crippen LogP contribution in [0.5, 0.6) is 0 Å². The molecule has 0 radical (unpaired) electrons. The van der Waals surface area contributed by atoms with Crippen LogP contribution >= 0.6 is 0 Å². The summed E-state index contributed by atoms with van der Waals surface area (Å²) in [6, 6.07) is 11.3. The van der Waals surface area contributed by atoms with E-state index in [-0.39, 0.29) is 29.4 Å². The minimum Gasteiger partial charge on any atom is -0.338 e. The van der Waals surface area contributed by atoms with E-state index in [4.69, 9.17) is 0 Å². The number of halogens is 1. The molecule has 150 valence electrons. The summed E-state index contributed by atoms with van der Waals surface area (Å²) in [4.78, 5) is 32.7. The Morgan fingerprint density at radius 3 is 2.52 bits per heavy atom. The van der Waals surface area contributed by atoms with Crippen molar-refractivity contribution in [1.82, 2.24) is 14.5 Å². The van der Waals surface area contributed by atoms with Crippen LogP contribution in [0.1, 0.15) is 36.2 Å². The van der Waals surface area contributed by atoms with Gasteiger partial charge in [-0.15, -0.1) is 0 Å². The largest absolute Gasteiger partial charge is 0.338 e. The first kappa shape index (κ1) is 19.3. The fourth-order valence-corrected chi connectivity index (χ4v) is 4.28. The maximum absolute atomic E-state index is 13.3. The van der Waals surface area contributed by atoms with Gasteiger partial charge in [0.25, 0.3) is 11.5 Å². The molecule has 3 aromatic rings. The highest BCUT2D eigenvalue weighted by Gasteiger charge is 2.28. The molecule has 1 aliphatic rings. The van der Waals surface area contributed by atoms with Crippen molar-refractivity contribution in [2.45, 2.75) is 26.8 Å². The SMILES string of the molecule is C[C@H]1C[C@H](C)CN(C(=O)c2cc3cccnc3n(Cc3ccc(F)cc3)c2=O)C1. The number of piperidine rings is 1. The number of carbonyl (C=O) groups excluding carboxylic acids is 1. The van der Waals surface area contributed by atoms with E-state index in [1.54, 1.807) is 35.4 Å². The fourth-order valence-electron chi connectivity index (χ4n) is 4.28. The van der Waals surface area contributed by atoms with Crippen LogP contribution in [0.4, 0.5) is 4.39 Å². The molecule has 1 aliphatic heterocycles. The molecule has 1 saturated heterocycles. The third-order valence-corrected chi connectivity index (χ3v) is 5.49. The zero-order chi connectivity index (χ0) is 20.5. The Morgan fingerprint density at radius 1 is 1.14 bits per heavy atom. The van der Waals surface area contributed by atoms with Gasteiger partial charge in [0.05, 0.1) is 6.54 Å². The minimum atomic E-state index is -0.364. The van der Waals surface area contributed by atoms with Gasteiger partial charge in [0.15, 0.2) is 0 Å². The molecule has 4 rings (SSSR count). The quantitative estimate of drug-likeness (QED) is 0.682. The summed E-state index contributed by atoms with van der Waals surface area (Å²) in [7, 11) is 0. The first-order valence-electron chi connectivity index (χ1n) is 9.94. The molecule has 2 atom stereocenters. The molecule has 0 N–H and O–H groups in total. The summed E-state index contributed by atoms with van der Waals surface area (Å²) in [5.74, 6) is 0.255. The summed E-state index contributed by atoms with van der Waals surface area (Å²) in [5, 5.41) is 0.732. The normalized spacial score (nSPS) is 19.5. The lowest BCUT2D eigenvalue weighted by Gasteiger charge is -2.35. The van der Waals surface area contributed by atoms with Gasteiger partial charge < -0.3 is 4.90 Å². The number of benzene rings is 1. The standard InChI is InChI=1S/C23H24FN3O2/c1-15-10-16(2)13-26(12-15)22(28)20-11-18-4-3-9-25-21(18)27(23(20)29)14-17-5-7-19(24)8-6-17/h3-9,11,15-16H,10,12-14H2,1-2H3/t15-,16-/m0/s1. The van der Waals surface area contributed by atoms with Crippen LogP contribution in [0.3, 0.4) is 0 Å². The number of likely N-dealkylation sites (tertiary alicyclic amines) is 1. The Morgan fingerprint density at radius 2 is 1.83 bits per heavy atom. The second-order valence-corrected chi connectivity index (χ2v) is 8.15. The monoisotopic (exact) mass is 393 g/mol. The number of hydrogen-bond donors (Lipinski definition) is 0. The van der Waals surface area contributed by atoms with Gasteiger partial charge in [-0.1, -0.05) is 26.0 Å². The average molecular weight is 393 g/mol. The van der Waals surface area contributed by atoms with E-state index in [2.05, 4.69) is 18.8 Å². The highest BCUT2D eigenvalue weighted by molar-refractivity contribution is 5.97. The van der Waals surface area contributed by atoms with Crippen LogP contribution in [-0.2, 0) is 6.54 Å². The number of nitrogens with zero attached hydrogens (tertiary/aromatic N) is 3. The van der Waals surface area contributed by atoms with Gasteiger partial charge >= 0.3 is 0 Å². The van der Waals surface area contributed by atoms with Crippen molar-refractivity contribution in [3.8, 4) is 0 Å². The van der Waals surface area contributed by atoms with E-state index >= 15 is 0 Å². The minimum absolute atomic E-state index is 0.161. The first-order chi connectivity index (χ1) is 13.9. The highest BCUT2D eigenvalue weighted by atomic mass is 19.1. The van der Waals surface area contributed by atoms with E-state index in [0.717, 1.165) is 17.4 Å². The Labute approximate surface area is 168 Å². The van der Waals surface area contributed by atoms with Crippen LogP contribution in [0.25, 0.3) is 11.0 Å². The summed E-state index contributed by atoms with van der Waals surface area (Å²) in [6.07, 6.45) is 2.71. The maximum Gasteiger partial charge on any atom is 0.265 e. The van der Waals surface area contributed by atoms with Gasteiger partial charge in [-0.3, -0.25) is 14.2 Å². The zero-order valence-corrected chi connectivity index (χ0v) is 16.6. The number of amides is 1. The van der Waals surface area contributed by atoms with Crippen LogP contribution in [-0.4, -0.2) is 33.4 Å². The third kappa shape index (κ3) is 3.92. The molecule has 1 fully saturated rings. The van der Waals surface area contributed by atoms with Crippen molar-refractivity contribution in [2.75, 3.05) is 13.1 Å². The van der Waals surface area contributed by atoms with Crippen LogP contribution in [0.15, 0.2) is 53.5 Å². The predicted octanol–water partition coefficient (Wildman–Crippen LogP) is 3.70. The Balaban J connectivity index is 1.79. The molecule has 2 aromatic heterocycles. The smallest absolute Gasteiger partial charge is 0.265 e. The van der Waals surface area contributed by atoms with Gasteiger partial charge in [-0.25, -0.2) is 9.37 Å². The molecule has 6 heteroatoms. The molecule has 0 spiro atoms. The number of hydrogen-bond acceptors (Lipinski definition) is 3. The summed E-state index contributed by atoms with van der Waals surface area (Å²) in [6.45, 7) is 5.80. The molecule has 3 heterocycles. The maximum atomic E-state index is 13.3. The first-order valence-corrected chi connectivity index (χ1v) is 9.94. The van der Waals surface area contributed by atoms with Crippen molar-refractivity contribution in [3.05, 3.63) is 76.0 Å². The second kappa shape index (κ2) is 7.78. The highest BCUT2D eigenvalue weighted by Crippen LogP contribution is 2.23. The molecule has 0 aliphatic carbocycles. The molecule has 1 aromatic carbocycles. The Hall–Kier alpha value is -3.02. The summed E-state index contributed by atoms with van der Waals surface area (Å²) < 4.78 is 14.8. The van der Waals surface area contributed by atoms with Crippen molar-refractivity contribution in [1.29, 1.82) is 0 Å². The lowest BCUT2D eigenvalue weighted by atomic mass is 9.91. The lowest BCUT2D eigenvalue weighted by molar-refractivity contribution is 0.0621. The lowest BCUT2D eigenvalue weighted by Crippen LogP contribution is -2.44. The van der Waals surface area contributed by atoms with Crippen molar-refractivity contribution in [3.63, 3.8) is 0 Å². The van der Waals surface area contributed by atoms with Crippen LogP contribution in [0.2, 0.25) is 0 Å². The van der Waals surface area contributed by atoms with Gasteiger partial charge in [-0.05, 0) is 54.2 Å². The summed E-state index contributed by atoms with van der Waals surface area (Å²) in [5.41, 5.74) is 1.08. The molecule has 0 bridgehead atoms. The van der Waals surface area contributed by atoms with Crippen molar-refractivity contribution >= 4 is 16.9 Å². The number of fused-ring (bicyclic) bond motifs is 1. The predicted molar refractivity (Wildman–Crippen MR) is 110 cm³/mol. The molecular formula is C23H24FN3O2. The van der Waals surface area contributed by atoms with Gasteiger partial charge in [0.1, 0.15) is 17.0 Å². The van der Waals surface area contributed by atoms with Crippen molar-refractivity contribution in [2.24, 2.45) is 11.8 Å². The van der Waals surface area contributed by atoms with E-state index in [9.17, 15) is 14.0 Å². The van der Waals surface area contributed by atoms with Crippen molar-refractivity contribution < 1.29 is 9.18 Å². The number of carbonyl (C=O) groups is 1. The molecular weight excluding hydrogens is 369 g/mol. The van der Waals surface area contributed by atoms with E-state index in [0.29, 0.717) is 30.6 Å². The Kier molecular flexibility index (Phi) is 5.18. The third-order valence-electron chi connectivity index (χ3n) is 5.49. The second-order valence-electron chi connectivity index (χ2n) is 8.15. The number of aromatic nitrogens is 2. The number of pyridine rings is 2. The van der Waals surface area contributed by atoms with Gasteiger partial charge in [0.2, 0.25) is 0 Å². The van der Waals surface area contributed by atoms with Crippen LogP contribution in [0, 0.1) is 17.7 Å². The molecule has 0 saturated carbocycles. The van der Waals surface area contributed by atoms with Crippen LogP contribution < -0.4 is 5.56 Å². The topological polar surface area (TPSA) is 55.2 Å². The number of rotatable bonds is 3. The molecule has 5 nitrogen and oxygen atoms in total. The molecule has 1 amide bonds. The fraction of sp³-hybridized carbons (Fsp3) is 0.348. The van der Waals surface area contributed by atoms with E-state index < -0.39 is 0 Å². The van der Waals surface area contributed by atoms with E-state index in [1.165, 1.54) is 16.7 Å². The van der Waals surface area contributed by atoms with Gasteiger partial charge in [0, 0.05) is 24.7 Å². The Bertz CT molecular complexity index is 1100. The molecule has 0 unspecified atom stereocenters. The summed E-state index contributed by atoms with van der Waals surface area (Å²) >= 11 is 0.